The van der Waals surface area contributed by atoms with Crippen LogP contribution in [0.15, 0.2) is 12.7 Å². The average Bonchev–Trinajstić information content (AvgIpc) is 2.09. The van der Waals surface area contributed by atoms with Crippen LogP contribution in [0.5, 0.6) is 0 Å². The van der Waals surface area contributed by atoms with Crippen LogP contribution < -0.4 is 11.1 Å². The van der Waals surface area contributed by atoms with Crippen molar-refractivity contribution >= 4 is 0 Å². The monoisotopic (exact) mass is 169 g/mol. The molecule has 0 bridgehead atoms. The van der Waals surface area contributed by atoms with Crippen molar-refractivity contribution in [2.75, 3.05) is 32.7 Å². The predicted octanol–water partition coefficient (Wildman–Crippen LogP) is -0.205. The molecule has 3 heteroatoms. The van der Waals surface area contributed by atoms with E-state index in [1.54, 1.807) is 0 Å². The van der Waals surface area contributed by atoms with Crippen molar-refractivity contribution in [1.82, 2.24) is 10.2 Å². The maximum absolute atomic E-state index is 5.53. The van der Waals surface area contributed by atoms with Crippen LogP contribution in [0.3, 0.4) is 0 Å². The van der Waals surface area contributed by atoms with E-state index in [2.05, 4.69) is 16.8 Å². The second kappa shape index (κ2) is 5.30. The van der Waals surface area contributed by atoms with E-state index in [0.29, 0.717) is 6.04 Å². The second-order valence-corrected chi connectivity index (χ2v) is 3.21. The van der Waals surface area contributed by atoms with Crippen molar-refractivity contribution in [2.24, 2.45) is 5.73 Å². The maximum atomic E-state index is 5.53. The molecule has 0 aliphatic carbocycles. The van der Waals surface area contributed by atoms with Crippen molar-refractivity contribution in [1.29, 1.82) is 0 Å². The zero-order chi connectivity index (χ0) is 8.81. The van der Waals surface area contributed by atoms with Gasteiger partial charge in [0.05, 0.1) is 0 Å². The molecule has 70 valence electrons. The SMILES string of the molecule is C=CCC1CNCCN1CCN. The van der Waals surface area contributed by atoms with Crippen molar-refractivity contribution in [2.45, 2.75) is 12.5 Å². The molecule has 0 saturated carbocycles. The third-order valence-corrected chi connectivity index (χ3v) is 2.33. The molecule has 1 fully saturated rings. The Labute approximate surface area is 74.6 Å². The summed E-state index contributed by atoms with van der Waals surface area (Å²) < 4.78 is 0. The highest BCUT2D eigenvalue weighted by atomic mass is 15.2. The van der Waals surface area contributed by atoms with Crippen LogP contribution in [0.1, 0.15) is 6.42 Å². The van der Waals surface area contributed by atoms with E-state index in [1.165, 1.54) is 0 Å². The predicted molar refractivity (Wildman–Crippen MR) is 52.1 cm³/mol. The van der Waals surface area contributed by atoms with Gasteiger partial charge in [-0.3, -0.25) is 4.90 Å². The normalized spacial score (nSPS) is 25.6. The first-order chi connectivity index (χ1) is 5.88. The Morgan fingerprint density at radius 1 is 1.67 bits per heavy atom. The summed E-state index contributed by atoms with van der Waals surface area (Å²) in [5.74, 6) is 0. The van der Waals surface area contributed by atoms with Crippen molar-refractivity contribution in [3.8, 4) is 0 Å². The molecule has 0 amide bonds. The summed E-state index contributed by atoms with van der Waals surface area (Å²) in [6.07, 6.45) is 3.05. The first-order valence-corrected chi connectivity index (χ1v) is 4.64. The van der Waals surface area contributed by atoms with Crippen LogP contribution >= 0.6 is 0 Å². The van der Waals surface area contributed by atoms with E-state index < -0.39 is 0 Å². The quantitative estimate of drug-likeness (QED) is 0.572. The van der Waals surface area contributed by atoms with E-state index in [-0.39, 0.29) is 0 Å². The molecule has 1 unspecified atom stereocenters. The van der Waals surface area contributed by atoms with E-state index >= 15 is 0 Å². The molecule has 1 rings (SSSR count). The van der Waals surface area contributed by atoms with Crippen molar-refractivity contribution < 1.29 is 0 Å². The fourth-order valence-electron chi connectivity index (χ4n) is 1.69. The molecule has 0 radical (unpaired) electrons. The summed E-state index contributed by atoms with van der Waals surface area (Å²) in [5.41, 5.74) is 5.53. The molecule has 1 saturated heterocycles. The minimum Gasteiger partial charge on any atom is -0.329 e. The molecule has 1 atom stereocenters. The Morgan fingerprint density at radius 3 is 3.17 bits per heavy atom. The van der Waals surface area contributed by atoms with E-state index in [0.717, 1.165) is 39.1 Å². The number of piperazine rings is 1. The van der Waals surface area contributed by atoms with Gasteiger partial charge < -0.3 is 11.1 Å². The number of nitrogens with zero attached hydrogens (tertiary/aromatic N) is 1. The highest BCUT2D eigenvalue weighted by Gasteiger charge is 2.19. The van der Waals surface area contributed by atoms with Crippen molar-refractivity contribution in [3.05, 3.63) is 12.7 Å². The fraction of sp³-hybridized carbons (Fsp3) is 0.778. The van der Waals surface area contributed by atoms with E-state index in [1.807, 2.05) is 6.08 Å². The van der Waals surface area contributed by atoms with Gasteiger partial charge in [0.15, 0.2) is 0 Å². The van der Waals surface area contributed by atoms with Gasteiger partial charge in [0, 0.05) is 38.8 Å². The van der Waals surface area contributed by atoms with Crippen LogP contribution in [0.2, 0.25) is 0 Å². The largest absolute Gasteiger partial charge is 0.329 e. The van der Waals surface area contributed by atoms with Gasteiger partial charge in [0.25, 0.3) is 0 Å². The molecule has 1 heterocycles. The Kier molecular flexibility index (Phi) is 4.29. The zero-order valence-corrected chi connectivity index (χ0v) is 7.63. The molecule has 0 aromatic rings. The fourth-order valence-corrected chi connectivity index (χ4v) is 1.69. The minimum absolute atomic E-state index is 0.611. The Morgan fingerprint density at radius 2 is 2.50 bits per heavy atom. The lowest BCUT2D eigenvalue weighted by atomic mass is 10.1. The van der Waals surface area contributed by atoms with Crippen LogP contribution in [-0.4, -0.2) is 43.7 Å². The van der Waals surface area contributed by atoms with E-state index in [9.17, 15) is 0 Å². The standard InChI is InChI=1S/C9H19N3/c1-2-3-9-8-11-5-7-12(9)6-4-10/h2,9,11H,1,3-8,10H2. The number of nitrogens with one attached hydrogen (secondary N) is 1. The average molecular weight is 169 g/mol. The topological polar surface area (TPSA) is 41.3 Å². The summed E-state index contributed by atoms with van der Waals surface area (Å²) in [5, 5.41) is 3.38. The molecular weight excluding hydrogens is 150 g/mol. The number of hydrogen-bond donors (Lipinski definition) is 2. The summed E-state index contributed by atoms with van der Waals surface area (Å²) >= 11 is 0. The minimum atomic E-state index is 0.611. The summed E-state index contributed by atoms with van der Waals surface area (Å²) in [6.45, 7) is 8.82. The Balaban J connectivity index is 2.36. The molecular formula is C9H19N3. The summed E-state index contributed by atoms with van der Waals surface area (Å²) in [6, 6.07) is 0.611. The van der Waals surface area contributed by atoms with Crippen molar-refractivity contribution in [3.63, 3.8) is 0 Å². The smallest absolute Gasteiger partial charge is 0.0256 e. The number of hydrogen-bond acceptors (Lipinski definition) is 3. The lowest BCUT2D eigenvalue weighted by Gasteiger charge is -2.35. The van der Waals surface area contributed by atoms with Crippen LogP contribution in [0.4, 0.5) is 0 Å². The van der Waals surface area contributed by atoms with Gasteiger partial charge in [-0.1, -0.05) is 6.08 Å². The van der Waals surface area contributed by atoms with Crippen LogP contribution in [0, 0.1) is 0 Å². The molecule has 1 aliphatic heterocycles. The van der Waals surface area contributed by atoms with Gasteiger partial charge in [0.2, 0.25) is 0 Å². The highest BCUT2D eigenvalue weighted by molar-refractivity contribution is 4.85. The Bertz CT molecular complexity index is 134. The first kappa shape index (κ1) is 9.71. The third-order valence-electron chi connectivity index (χ3n) is 2.33. The summed E-state index contributed by atoms with van der Waals surface area (Å²) in [7, 11) is 0. The molecule has 3 nitrogen and oxygen atoms in total. The molecule has 3 N–H and O–H groups in total. The van der Waals surface area contributed by atoms with Gasteiger partial charge in [-0.05, 0) is 6.42 Å². The molecule has 0 aromatic carbocycles. The van der Waals surface area contributed by atoms with Gasteiger partial charge in [-0.15, -0.1) is 6.58 Å². The van der Waals surface area contributed by atoms with Gasteiger partial charge >= 0.3 is 0 Å². The summed E-state index contributed by atoms with van der Waals surface area (Å²) in [4.78, 5) is 2.44. The number of rotatable bonds is 4. The van der Waals surface area contributed by atoms with Gasteiger partial charge in [0.1, 0.15) is 0 Å². The maximum Gasteiger partial charge on any atom is 0.0256 e. The van der Waals surface area contributed by atoms with E-state index in [4.69, 9.17) is 5.73 Å². The molecule has 12 heavy (non-hydrogen) atoms. The lowest BCUT2D eigenvalue weighted by molar-refractivity contribution is 0.167. The van der Waals surface area contributed by atoms with Gasteiger partial charge in [-0.25, -0.2) is 0 Å². The molecule has 0 aromatic heterocycles. The second-order valence-electron chi connectivity index (χ2n) is 3.21. The molecule has 0 spiro atoms. The van der Waals surface area contributed by atoms with Gasteiger partial charge in [-0.2, -0.15) is 0 Å². The number of nitrogens with two attached hydrogens (primary N) is 1. The third kappa shape index (κ3) is 2.59. The highest BCUT2D eigenvalue weighted by Crippen LogP contribution is 2.06. The lowest BCUT2D eigenvalue weighted by Crippen LogP contribution is -2.52. The van der Waals surface area contributed by atoms with Crippen LogP contribution in [0.25, 0.3) is 0 Å². The van der Waals surface area contributed by atoms with Crippen LogP contribution in [-0.2, 0) is 0 Å². The zero-order valence-electron chi connectivity index (χ0n) is 7.63. The first-order valence-electron chi connectivity index (χ1n) is 4.64. The Hall–Kier alpha value is -0.380. The molecule has 1 aliphatic rings.